The van der Waals surface area contributed by atoms with Crippen molar-refractivity contribution in [3.8, 4) is 5.69 Å². The summed E-state index contributed by atoms with van der Waals surface area (Å²) in [5, 5.41) is 10.3. The van der Waals surface area contributed by atoms with Gasteiger partial charge in [-0.15, -0.1) is 0 Å². The molecule has 2 aromatic carbocycles. The average molecular weight is 334 g/mol. The molecule has 1 heterocycles. The van der Waals surface area contributed by atoms with Gasteiger partial charge < -0.3 is 10.6 Å². The normalized spacial score (nSPS) is 10.4. The lowest BCUT2D eigenvalue weighted by Crippen LogP contribution is -2.22. The van der Waals surface area contributed by atoms with Gasteiger partial charge in [-0.3, -0.25) is 4.79 Å². The minimum Gasteiger partial charge on any atom is -0.360 e. The molecule has 0 aliphatic heterocycles. The maximum absolute atomic E-state index is 12.1. The largest absolute Gasteiger partial charge is 0.360 e. The molecule has 5 heteroatoms. The molecule has 0 aliphatic rings. The van der Waals surface area contributed by atoms with Crippen LogP contribution >= 0.6 is 0 Å². The average Bonchev–Trinajstić information content (AvgIpc) is 3.12. The van der Waals surface area contributed by atoms with Crippen LogP contribution in [0.5, 0.6) is 0 Å². The Labute approximate surface area is 147 Å². The van der Waals surface area contributed by atoms with Crippen molar-refractivity contribution >= 4 is 17.4 Å². The number of para-hydroxylation sites is 1. The molecular weight excluding hydrogens is 312 g/mol. The molecule has 0 spiro atoms. The Balaban J connectivity index is 1.51. The van der Waals surface area contributed by atoms with Gasteiger partial charge in [-0.1, -0.05) is 43.7 Å². The van der Waals surface area contributed by atoms with Crippen molar-refractivity contribution in [2.75, 3.05) is 17.2 Å². The lowest BCUT2D eigenvalue weighted by Gasteiger charge is -2.07. The summed E-state index contributed by atoms with van der Waals surface area (Å²) < 4.78 is 1.77. The van der Waals surface area contributed by atoms with Gasteiger partial charge in [0, 0.05) is 18.0 Å². The highest BCUT2D eigenvalue weighted by Gasteiger charge is 2.05. The van der Waals surface area contributed by atoms with E-state index in [0.29, 0.717) is 5.82 Å². The number of hydrogen-bond donors (Lipinski definition) is 2. The van der Waals surface area contributed by atoms with Gasteiger partial charge in [0.25, 0.3) is 0 Å². The molecule has 0 unspecified atom stereocenters. The minimum atomic E-state index is -0.0995. The van der Waals surface area contributed by atoms with Crippen LogP contribution in [0.2, 0.25) is 0 Å². The van der Waals surface area contributed by atoms with Crippen LogP contribution in [-0.4, -0.2) is 22.2 Å². The van der Waals surface area contributed by atoms with Crippen molar-refractivity contribution < 1.29 is 4.79 Å². The zero-order valence-electron chi connectivity index (χ0n) is 14.3. The van der Waals surface area contributed by atoms with E-state index >= 15 is 0 Å². The first-order chi connectivity index (χ1) is 12.2. The Kier molecular flexibility index (Phi) is 5.46. The Morgan fingerprint density at radius 2 is 1.80 bits per heavy atom. The summed E-state index contributed by atoms with van der Waals surface area (Å²) in [4.78, 5) is 12.1. The summed E-state index contributed by atoms with van der Waals surface area (Å²) in [7, 11) is 0. The first-order valence-electron chi connectivity index (χ1n) is 8.48. The third kappa shape index (κ3) is 4.70. The zero-order valence-corrected chi connectivity index (χ0v) is 14.3. The van der Waals surface area contributed by atoms with E-state index in [1.54, 1.807) is 4.68 Å². The molecule has 0 bridgehead atoms. The van der Waals surface area contributed by atoms with Crippen molar-refractivity contribution in [3.05, 3.63) is 72.4 Å². The van der Waals surface area contributed by atoms with Gasteiger partial charge in [0.1, 0.15) is 5.82 Å². The smallest absolute Gasteiger partial charge is 0.243 e. The summed E-state index contributed by atoms with van der Waals surface area (Å²) in [5.41, 5.74) is 3.07. The van der Waals surface area contributed by atoms with Gasteiger partial charge in [-0.2, -0.15) is 5.10 Å². The molecule has 0 atom stereocenters. The van der Waals surface area contributed by atoms with Crippen LogP contribution in [0.15, 0.2) is 66.9 Å². The van der Waals surface area contributed by atoms with Gasteiger partial charge in [-0.25, -0.2) is 4.68 Å². The van der Waals surface area contributed by atoms with Crippen molar-refractivity contribution in [1.82, 2.24) is 9.78 Å². The molecule has 1 amide bonds. The fourth-order valence-corrected chi connectivity index (χ4v) is 2.56. The fourth-order valence-electron chi connectivity index (χ4n) is 2.56. The van der Waals surface area contributed by atoms with E-state index < -0.39 is 0 Å². The van der Waals surface area contributed by atoms with Crippen LogP contribution in [0.1, 0.15) is 18.9 Å². The number of nitrogens with zero attached hydrogens (tertiary/aromatic N) is 2. The predicted octanol–water partition coefficient (Wildman–Crippen LogP) is 3.88. The summed E-state index contributed by atoms with van der Waals surface area (Å²) in [5.74, 6) is 0.565. The number of rotatable bonds is 7. The number of hydrogen-bond acceptors (Lipinski definition) is 3. The van der Waals surface area contributed by atoms with Crippen molar-refractivity contribution in [2.24, 2.45) is 0 Å². The predicted molar refractivity (Wildman–Crippen MR) is 101 cm³/mol. The molecule has 3 aromatic rings. The third-order valence-electron chi connectivity index (χ3n) is 3.82. The van der Waals surface area contributed by atoms with Crippen LogP contribution in [0.4, 0.5) is 11.5 Å². The van der Waals surface area contributed by atoms with Gasteiger partial charge in [0.05, 0.1) is 12.2 Å². The Hall–Kier alpha value is -3.08. The first kappa shape index (κ1) is 16.8. The highest BCUT2D eigenvalue weighted by atomic mass is 16.1. The zero-order chi connectivity index (χ0) is 17.5. The first-order valence-corrected chi connectivity index (χ1v) is 8.48. The highest BCUT2D eigenvalue weighted by molar-refractivity contribution is 5.93. The summed E-state index contributed by atoms with van der Waals surface area (Å²) >= 11 is 0. The number of amides is 1. The number of carbonyl (C=O) groups excluding carboxylic acids is 1. The number of carbonyl (C=O) groups is 1. The molecule has 3 rings (SSSR count). The molecule has 1 aromatic heterocycles. The second kappa shape index (κ2) is 8.15. The van der Waals surface area contributed by atoms with Crippen molar-refractivity contribution in [2.45, 2.75) is 19.8 Å². The Morgan fingerprint density at radius 1 is 1.04 bits per heavy atom. The van der Waals surface area contributed by atoms with Crippen LogP contribution in [0.3, 0.4) is 0 Å². The lowest BCUT2D eigenvalue weighted by molar-refractivity contribution is -0.114. The van der Waals surface area contributed by atoms with E-state index in [2.05, 4.69) is 22.7 Å². The molecule has 0 fully saturated rings. The number of anilines is 2. The number of benzene rings is 2. The van der Waals surface area contributed by atoms with Gasteiger partial charge in [0.2, 0.25) is 5.91 Å². The molecule has 0 radical (unpaired) electrons. The van der Waals surface area contributed by atoms with Crippen LogP contribution in [0, 0.1) is 0 Å². The highest BCUT2D eigenvalue weighted by Crippen LogP contribution is 2.12. The van der Waals surface area contributed by atoms with Crippen LogP contribution < -0.4 is 10.6 Å². The molecule has 25 heavy (non-hydrogen) atoms. The van der Waals surface area contributed by atoms with E-state index in [9.17, 15) is 4.79 Å². The third-order valence-corrected chi connectivity index (χ3v) is 3.82. The summed E-state index contributed by atoms with van der Waals surface area (Å²) in [6, 6.07) is 19.7. The molecular formula is C20H22N4O. The van der Waals surface area contributed by atoms with Gasteiger partial charge in [-0.05, 0) is 36.2 Å². The number of aryl methyl sites for hydroxylation is 1. The quantitative estimate of drug-likeness (QED) is 0.689. The van der Waals surface area contributed by atoms with E-state index in [-0.39, 0.29) is 12.5 Å². The maximum Gasteiger partial charge on any atom is 0.243 e. The number of aromatic nitrogens is 2. The molecule has 0 aliphatic carbocycles. The second-order valence-corrected chi connectivity index (χ2v) is 5.83. The molecule has 0 saturated heterocycles. The number of nitrogens with one attached hydrogen (secondary N) is 2. The maximum atomic E-state index is 12.1. The molecule has 5 nitrogen and oxygen atoms in total. The van der Waals surface area contributed by atoms with E-state index in [1.807, 2.05) is 66.9 Å². The topological polar surface area (TPSA) is 59.0 Å². The van der Waals surface area contributed by atoms with E-state index in [0.717, 1.165) is 24.2 Å². The Morgan fingerprint density at radius 3 is 2.52 bits per heavy atom. The minimum absolute atomic E-state index is 0.0995. The van der Waals surface area contributed by atoms with Crippen molar-refractivity contribution in [3.63, 3.8) is 0 Å². The second-order valence-electron chi connectivity index (χ2n) is 5.83. The molecule has 2 N–H and O–H groups in total. The summed E-state index contributed by atoms with van der Waals surface area (Å²) in [6.07, 6.45) is 4.03. The lowest BCUT2D eigenvalue weighted by atomic mass is 10.1. The standard InChI is InChI=1S/C20H22N4O/c1-2-6-16-9-11-17(12-10-16)22-20(25)15-21-19-13-14-24(23-19)18-7-4-3-5-8-18/h3-5,7-14H,2,6,15H2,1H3,(H,21,23)(H,22,25). The van der Waals surface area contributed by atoms with Crippen molar-refractivity contribution in [1.29, 1.82) is 0 Å². The van der Waals surface area contributed by atoms with Gasteiger partial charge in [0.15, 0.2) is 0 Å². The monoisotopic (exact) mass is 334 g/mol. The van der Waals surface area contributed by atoms with Gasteiger partial charge >= 0.3 is 0 Å². The molecule has 0 saturated carbocycles. The van der Waals surface area contributed by atoms with E-state index in [4.69, 9.17) is 0 Å². The SMILES string of the molecule is CCCc1ccc(NC(=O)CNc2ccn(-c3ccccc3)n2)cc1. The Bertz CT molecular complexity index is 809. The van der Waals surface area contributed by atoms with E-state index in [1.165, 1.54) is 5.56 Å². The molecule has 128 valence electrons. The summed E-state index contributed by atoms with van der Waals surface area (Å²) in [6.45, 7) is 2.32. The van der Waals surface area contributed by atoms with Crippen LogP contribution in [0.25, 0.3) is 5.69 Å². The van der Waals surface area contributed by atoms with Crippen LogP contribution in [-0.2, 0) is 11.2 Å². The fraction of sp³-hybridized carbons (Fsp3) is 0.200.